The molecule has 0 aliphatic carbocycles. The van der Waals surface area contributed by atoms with E-state index in [4.69, 9.17) is 15.0 Å². The first-order valence-corrected chi connectivity index (χ1v) is 21.6. The number of hydrogen-bond acceptors (Lipinski definition) is 3. The van der Waals surface area contributed by atoms with Crippen LogP contribution in [0.2, 0.25) is 0 Å². The van der Waals surface area contributed by atoms with Gasteiger partial charge in [0, 0.05) is 43.1 Å². The lowest BCUT2D eigenvalue weighted by Crippen LogP contribution is -2.12. The Morgan fingerprint density at radius 1 is 0.219 bits per heavy atom. The van der Waals surface area contributed by atoms with Crippen molar-refractivity contribution in [2.24, 2.45) is 0 Å². The first kappa shape index (κ1) is 34.9. The van der Waals surface area contributed by atoms with Crippen molar-refractivity contribution < 1.29 is 0 Å². The van der Waals surface area contributed by atoms with E-state index in [1.54, 1.807) is 0 Å². The average Bonchev–Trinajstić information content (AvgIpc) is 4.09. The fourth-order valence-electron chi connectivity index (χ4n) is 10.4. The molecule has 0 fully saturated rings. The monoisotopic (exact) mass is 817 g/mol. The van der Waals surface area contributed by atoms with E-state index in [2.05, 4.69) is 231 Å². The van der Waals surface area contributed by atoms with Crippen molar-refractivity contribution in [2.45, 2.75) is 0 Å². The van der Waals surface area contributed by atoms with E-state index in [0.717, 1.165) is 82.6 Å². The Labute approximate surface area is 366 Å². The standard InChI is InChI=1S/C57H35N7/c1-9-26-44-36(18-1)37-19-2-10-27-45(37)61(44)52-34-17-35-53(62-46-28-11-3-20-38(46)39-21-4-12-29-47(39)62)54(52)55-58-56(63-48-30-13-5-22-40(48)41-23-6-14-31-49(41)63)60-57(59-55)64-50-32-15-7-24-42(50)43-25-8-16-33-51(43)64/h1-35H. The summed E-state index contributed by atoms with van der Waals surface area (Å²) in [6.07, 6.45) is 0. The normalized spacial score (nSPS) is 12.1. The number of para-hydroxylation sites is 8. The first-order chi connectivity index (χ1) is 31.8. The molecule has 0 atom stereocenters. The van der Waals surface area contributed by atoms with Crippen LogP contribution in [0, 0.1) is 0 Å². The van der Waals surface area contributed by atoms with Crippen molar-refractivity contribution in [3.8, 4) is 34.7 Å². The second-order valence-corrected chi connectivity index (χ2v) is 16.4. The number of hydrogen-bond donors (Lipinski definition) is 0. The Balaban J connectivity index is 1.19. The predicted octanol–water partition coefficient (Wildman–Crippen LogP) is 13.9. The van der Waals surface area contributed by atoms with E-state index in [-0.39, 0.29) is 0 Å². The van der Waals surface area contributed by atoms with Crippen molar-refractivity contribution in [2.75, 3.05) is 0 Å². The molecule has 0 amide bonds. The van der Waals surface area contributed by atoms with Crippen molar-refractivity contribution >= 4 is 87.2 Å². The molecule has 0 spiro atoms. The van der Waals surface area contributed by atoms with Gasteiger partial charge in [-0.3, -0.25) is 9.13 Å². The molecule has 0 bridgehead atoms. The fraction of sp³-hybridized carbons (Fsp3) is 0. The summed E-state index contributed by atoms with van der Waals surface area (Å²) in [5.41, 5.74) is 11.3. The summed E-state index contributed by atoms with van der Waals surface area (Å²) in [7, 11) is 0. The van der Waals surface area contributed by atoms with Crippen molar-refractivity contribution in [1.82, 2.24) is 33.2 Å². The Bertz CT molecular complexity index is 3740. The van der Waals surface area contributed by atoms with Crippen LogP contribution < -0.4 is 0 Å². The third-order valence-corrected chi connectivity index (χ3v) is 13.1. The van der Waals surface area contributed by atoms with E-state index >= 15 is 0 Å². The second-order valence-electron chi connectivity index (χ2n) is 16.4. The quantitative estimate of drug-likeness (QED) is 0.174. The van der Waals surface area contributed by atoms with E-state index in [0.29, 0.717) is 17.7 Å². The molecule has 298 valence electrons. The topological polar surface area (TPSA) is 58.4 Å². The van der Waals surface area contributed by atoms with E-state index in [1.165, 1.54) is 21.5 Å². The summed E-state index contributed by atoms with van der Waals surface area (Å²) in [6, 6.07) is 75.4. The number of rotatable bonds is 5. The fourth-order valence-corrected chi connectivity index (χ4v) is 10.4. The molecule has 14 rings (SSSR count). The van der Waals surface area contributed by atoms with E-state index in [9.17, 15) is 0 Å². The SMILES string of the molecule is c1cc(-n2c3ccccc3c3ccccc32)c(-c2nc(-n3c4ccccc4c4ccccc43)nc(-n3c4ccccc4c4ccccc43)n2)c(-n2c3ccccc3c3ccccc32)c1. The average molecular weight is 818 g/mol. The molecule has 7 heteroatoms. The van der Waals surface area contributed by atoms with Gasteiger partial charge in [0.15, 0.2) is 5.82 Å². The molecule has 0 saturated carbocycles. The Kier molecular flexibility index (Phi) is 7.27. The summed E-state index contributed by atoms with van der Waals surface area (Å²) in [4.78, 5) is 16.9. The van der Waals surface area contributed by atoms with Gasteiger partial charge < -0.3 is 9.13 Å². The number of aromatic nitrogens is 7. The minimum Gasteiger partial charge on any atom is -0.308 e. The molecular weight excluding hydrogens is 783 g/mol. The molecule has 0 aliphatic heterocycles. The van der Waals surface area contributed by atoms with Gasteiger partial charge in [-0.15, -0.1) is 0 Å². The summed E-state index contributed by atoms with van der Waals surface area (Å²) in [6.45, 7) is 0. The highest BCUT2D eigenvalue weighted by Crippen LogP contribution is 2.42. The maximum Gasteiger partial charge on any atom is 0.240 e. The summed E-state index contributed by atoms with van der Waals surface area (Å²) in [5.74, 6) is 1.62. The third-order valence-electron chi connectivity index (χ3n) is 13.1. The lowest BCUT2D eigenvalue weighted by molar-refractivity contribution is 0.890. The lowest BCUT2D eigenvalue weighted by atomic mass is 10.1. The Morgan fingerprint density at radius 2 is 0.453 bits per heavy atom. The van der Waals surface area contributed by atoms with E-state index < -0.39 is 0 Å². The maximum absolute atomic E-state index is 5.68. The van der Waals surface area contributed by atoms with Crippen LogP contribution >= 0.6 is 0 Å². The first-order valence-electron chi connectivity index (χ1n) is 21.6. The van der Waals surface area contributed by atoms with Crippen LogP contribution in [0.25, 0.3) is 122 Å². The summed E-state index contributed by atoms with van der Waals surface area (Å²) >= 11 is 0. The molecule has 5 aromatic heterocycles. The highest BCUT2D eigenvalue weighted by atomic mass is 15.3. The summed E-state index contributed by atoms with van der Waals surface area (Å²) < 4.78 is 9.19. The van der Waals surface area contributed by atoms with Gasteiger partial charge in [-0.1, -0.05) is 152 Å². The highest BCUT2D eigenvalue weighted by molar-refractivity contribution is 6.13. The molecule has 9 aromatic carbocycles. The smallest absolute Gasteiger partial charge is 0.240 e. The number of nitrogens with zero attached hydrogens (tertiary/aromatic N) is 7. The zero-order valence-corrected chi connectivity index (χ0v) is 34.3. The predicted molar refractivity (Wildman–Crippen MR) is 263 cm³/mol. The van der Waals surface area contributed by atoms with Gasteiger partial charge in [0.05, 0.1) is 61.1 Å². The molecule has 0 saturated heterocycles. The van der Waals surface area contributed by atoms with Gasteiger partial charge in [-0.2, -0.15) is 15.0 Å². The zero-order chi connectivity index (χ0) is 41.9. The minimum absolute atomic E-state index is 0.532. The molecule has 14 aromatic rings. The van der Waals surface area contributed by atoms with Crippen LogP contribution in [0.1, 0.15) is 0 Å². The van der Waals surface area contributed by atoms with Crippen molar-refractivity contribution in [3.63, 3.8) is 0 Å². The molecule has 0 unspecified atom stereocenters. The van der Waals surface area contributed by atoms with Crippen LogP contribution in [0.15, 0.2) is 212 Å². The second kappa shape index (κ2) is 13.3. The molecule has 5 heterocycles. The van der Waals surface area contributed by atoms with Crippen LogP contribution in [0.5, 0.6) is 0 Å². The highest BCUT2D eigenvalue weighted by Gasteiger charge is 2.26. The van der Waals surface area contributed by atoms with Crippen LogP contribution in [-0.2, 0) is 0 Å². The van der Waals surface area contributed by atoms with Gasteiger partial charge >= 0.3 is 0 Å². The van der Waals surface area contributed by atoms with Crippen LogP contribution in [-0.4, -0.2) is 33.2 Å². The lowest BCUT2D eigenvalue weighted by Gasteiger charge is -2.20. The van der Waals surface area contributed by atoms with Crippen LogP contribution in [0.3, 0.4) is 0 Å². The van der Waals surface area contributed by atoms with Gasteiger partial charge in [0.25, 0.3) is 0 Å². The van der Waals surface area contributed by atoms with E-state index in [1.807, 2.05) is 0 Å². The third kappa shape index (κ3) is 4.83. The molecular formula is C57H35N7. The minimum atomic E-state index is 0.532. The van der Waals surface area contributed by atoms with Crippen molar-refractivity contribution in [1.29, 1.82) is 0 Å². The molecule has 0 aliphatic rings. The van der Waals surface area contributed by atoms with Gasteiger partial charge in [0.2, 0.25) is 11.9 Å². The molecule has 7 nitrogen and oxygen atoms in total. The largest absolute Gasteiger partial charge is 0.308 e. The molecule has 0 radical (unpaired) electrons. The molecule has 64 heavy (non-hydrogen) atoms. The van der Waals surface area contributed by atoms with Gasteiger partial charge in [0.1, 0.15) is 0 Å². The van der Waals surface area contributed by atoms with Gasteiger partial charge in [-0.25, -0.2) is 0 Å². The number of benzene rings is 9. The Hall–Kier alpha value is -8.81. The maximum atomic E-state index is 5.68. The summed E-state index contributed by atoms with van der Waals surface area (Å²) in [5, 5.41) is 9.26. The van der Waals surface area contributed by atoms with Gasteiger partial charge in [-0.05, 0) is 60.7 Å². The Morgan fingerprint density at radius 3 is 0.719 bits per heavy atom. The van der Waals surface area contributed by atoms with Crippen molar-refractivity contribution in [3.05, 3.63) is 212 Å². The molecule has 0 N–H and O–H groups in total. The number of fused-ring (bicyclic) bond motifs is 12. The van der Waals surface area contributed by atoms with Crippen LogP contribution in [0.4, 0.5) is 0 Å². The zero-order valence-electron chi connectivity index (χ0n) is 34.3.